The van der Waals surface area contributed by atoms with Crippen LogP contribution in [-0.4, -0.2) is 145 Å². The Morgan fingerprint density at radius 3 is 0.677 bits per heavy atom. The van der Waals surface area contributed by atoms with Crippen LogP contribution in [0.2, 0.25) is 0 Å². The molecular weight excluding hydrogens is 793 g/mol. The van der Waals surface area contributed by atoms with Gasteiger partial charge in [0.2, 0.25) is 0 Å². The van der Waals surface area contributed by atoms with E-state index in [2.05, 4.69) is 13.8 Å². The maximum Gasteiger partial charge on any atom is 0.305 e. The van der Waals surface area contributed by atoms with Gasteiger partial charge in [-0.2, -0.15) is 0 Å². The molecule has 0 aromatic carbocycles. The summed E-state index contributed by atoms with van der Waals surface area (Å²) in [5.41, 5.74) is 0. The molecule has 0 fully saturated rings. The molecule has 0 saturated carbocycles. The third-order valence-electron chi connectivity index (χ3n) is 10.5. The van der Waals surface area contributed by atoms with E-state index in [4.69, 9.17) is 52.1 Å². The Morgan fingerprint density at radius 1 is 0.226 bits per heavy atom. The molecule has 372 valence electrons. The Morgan fingerprint density at radius 2 is 0.419 bits per heavy atom. The van der Waals surface area contributed by atoms with Crippen LogP contribution in [0.1, 0.15) is 181 Å². The average molecular weight is 893 g/mol. The minimum absolute atomic E-state index is 0.127. The summed E-state index contributed by atoms with van der Waals surface area (Å²) in [6, 6.07) is 0. The van der Waals surface area contributed by atoms with Gasteiger partial charge in [-0.1, -0.05) is 162 Å². The highest BCUT2D eigenvalue weighted by Gasteiger charge is 2.03. The highest BCUT2D eigenvalue weighted by molar-refractivity contribution is 5.69. The van der Waals surface area contributed by atoms with E-state index in [-0.39, 0.29) is 5.97 Å². The van der Waals surface area contributed by atoms with Gasteiger partial charge in [-0.05, 0) is 12.8 Å². The minimum Gasteiger partial charge on any atom is -0.463 e. The molecule has 0 rings (SSSR count). The fourth-order valence-electron chi connectivity index (χ4n) is 6.70. The second-order valence-electron chi connectivity index (χ2n) is 16.2. The average Bonchev–Trinajstić information content (AvgIpc) is 3.28. The molecule has 0 aliphatic rings. The number of esters is 1. The monoisotopic (exact) mass is 893 g/mol. The summed E-state index contributed by atoms with van der Waals surface area (Å²) in [5, 5.41) is 0. The largest absolute Gasteiger partial charge is 0.463 e. The highest BCUT2D eigenvalue weighted by Crippen LogP contribution is 2.14. The summed E-state index contributed by atoms with van der Waals surface area (Å²) in [4.78, 5) is 11.9. The number of rotatable bonds is 57. The number of carbonyl (C=O) groups excluding carboxylic acids is 1. The molecule has 0 N–H and O–H groups in total. The van der Waals surface area contributed by atoms with Crippen molar-refractivity contribution in [3.8, 4) is 0 Å². The van der Waals surface area contributed by atoms with Gasteiger partial charge >= 0.3 is 5.97 Å². The van der Waals surface area contributed by atoms with Gasteiger partial charge in [0, 0.05) is 13.0 Å². The van der Waals surface area contributed by atoms with Crippen LogP contribution in [0.3, 0.4) is 0 Å². The van der Waals surface area contributed by atoms with Crippen molar-refractivity contribution in [3.63, 3.8) is 0 Å². The van der Waals surface area contributed by atoms with Crippen molar-refractivity contribution in [1.82, 2.24) is 0 Å². The summed E-state index contributed by atoms with van der Waals surface area (Å²) in [7, 11) is 0. The molecule has 12 heteroatoms. The van der Waals surface area contributed by atoms with E-state index >= 15 is 0 Å². The standard InChI is InChI=1S/C50H100O12/c1-3-5-7-9-11-13-15-16-17-18-19-20-22-24-26-28-50(51)62-49-48-61-47-46-60-45-44-59-43-42-58-41-40-57-39-38-56-37-36-55-35-34-54-33-32-53-31-30-52-29-27-25-23-21-14-12-10-8-6-4-2/h3-49H2,1-2H3. The first-order valence-corrected chi connectivity index (χ1v) is 25.7. The summed E-state index contributed by atoms with van der Waals surface area (Å²) < 4.78 is 60.7. The van der Waals surface area contributed by atoms with E-state index in [1.807, 2.05) is 0 Å². The molecular formula is C50H100O12. The first-order valence-electron chi connectivity index (χ1n) is 25.7. The molecule has 0 bridgehead atoms. The quantitative estimate of drug-likeness (QED) is 0.0427. The Labute approximate surface area is 381 Å². The lowest BCUT2D eigenvalue weighted by molar-refractivity contribution is -0.145. The van der Waals surface area contributed by atoms with Gasteiger partial charge in [-0.3, -0.25) is 4.79 Å². The van der Waals surface area contributed by atoms with Crippen molar-refractivity contribution in [3.05, 3.63) is 0 Å². The lowest BCUT2D eigenvalue weighted by Crippen LogP contribution is -2.15. The summed E-state index contributed by atoms with van der Waals surface area (Å²) in [5.74, 6) is -0.127. The first-order chi connectivity index (χ1) is 30.8. The zero-order valence-electron chi connectivity index (χ0n) is 40.6. The van der Waals surface area contributed by atoms with Crippen LogP contribution in [0.5, 0.6) is 0 Å². The van der Waals surface area contributed by atoms with E-state index in [0.29, 0.717) is 139 Å². The van der Waals surface area contributed by atoms with E-state index < -0.39 is 0 Å². The van der Waals surface area contributed by atoms with Gasteiger partial charge in [0.05, 0.1) is 126 Å². The Hall–Kier alpha value is -0.930. The molecule has 0 saturated heterocycles. The third-order valence-corrected chi connectivity index (χ3v) is 10.5. The predicted molar refractivity (Wildman–Crippen MR) is 251 cm³/mol. The molecule has 62 heavy (non-hydrogen) atoms. The van der Waals surface area contributed by atoms with Crippen molar-refractivity contribution in [2.24, 2.45) is 0 Å². The maximum atomic E-state index is 11.9. The predicted octanol–water partition coefficient (Wildman–Crippen LogP) is 10.9. The molecule has 0 radical (unpaired) electrons. The van der Waals surface area contributed by atoms with Crippen molar-refractivity contribution >= 4 is 5.97 Å². The summed E-state index contributed by atoms with van der Waals surface area (Å²) >= 11 is 0. The van der Waals surface area contributed by atoms with E-state index in [9.17, 15) is 4.79 Å². The molecule has 12 nitrogen and oxygen atoms in total. The number of carbonyl (C=O) groups is 1. The minimum atomic E-state index is -0.127. The van der Waals surface area contributed by atoms with E-state index in [1.54, 1.807) is 0 Å². The molecule has 0 aromatic rings. The molecule has 0 aromatic heterocycles. The van der Waals surface area contributed by atoms with E-state index in [0.717, 1.165) is 25.9 Å². The summed E-state index contributed by atoms with van der Waals surface area (Å²) in [6.07, 6.45) is 33.7. The number of ether oxygens (including phenoxy) is 11. The molecule has 0 aliphatic heterocycles. The van der Waals surface area contributed by atoms with Crippen LogP contribution in [0, 0.1) is 0 Å². The molecule has 0 heterocycles. The lowest BCUT2D eigenvalue weighted by atomic mass is 10.0. The molecule has 0 spiro atoms. The van der Waals surface area contributed by atoms with Gasteiger partial charge in [0.1, 0.15) is 6.61 Å². The second kappa shape index (κ2) is 58.1. The van der Waals surface area contributed by atoms with Crippen LogP contribution >= 0.6 is 0 Å². The van der Waals surface area contributed by atoms with Crippen molar-refractivity contribution in [2.45, 2.75) is 181 Å². The Balaban J connectivity index is 3.12. The number of unbranched alkanes of at least 4 members (excludes halogenated alkanes) is 23. The van der Waals surface area contributed by atoms with Crippen molar-refractivity contribution in [2.75, 3.05) is 139 Å². The van der Waals surface area contributed by atoms with Gasteiger partial charge < -0.3 is 52.1 Å². The Bertz CT molecular complexity index is 808. The normalized spacial score (nSPS) is 11.6. The van der Waals surface area contributed by atoms with Gasteiger partial charge in [-0.15, -0.1) is 0 Å². The second-order valence-corrected chi connectivity index (χ2v) is 16.2. The number of hydrogen-bond acceptors (Lipinski definition) is 12. The van der Waals surface area contributed by atoms with Crippen LogP contribution in [-0.2, 0) is 56.9 Å². The molecule has 0 aliphatic carbocycles. The topological polar surface area (TPSA) is 119 Å². The van der Waals surface area contributed by atoms with Gasteiger partial charge in [-0.25, -0.2) is 0 Å². The Kier molecular flexibility index (Phi) is 57.2. The SMILES string of the molecule is CCCCCCCCCCCCCCCCCC(=O)OCCOCCOCCOCCOCCOCCOCCOCCOCCOCCOCCCCCCCCCCCC. The lowest BCUT2D eigenvalue weighted by Gasteiger charge is -2.09. The molecule has 0 unspecified atom stereocenters. The van der Waals surface area contributed by atoms with Crippen LogP contribution in [0.15, 0.2) is 0 Å². The molecule has 0 atom stereocenters. The van der Waals surface area contributed by atoms with Crippen LogP contribution in [0.25, 0.3) is 0 Å². The van der Waals surface area contributed by atoms with Crippen molar-refractivity contribution in [1.29, 1.82) is 0 Å². The highest BCUT2D eigenvalue weighted by atomic mass is 16.6. The fraction of sp³-hybridized carbons (Fsp3) is 0.980. The number of hydrogen-bond donors (Lipinski definition) is 0. The van der Waals surface area contributed by atoms with Crippen LogP contribution < -0.4 is 0 Å². The van der Waals surface area contributed by atoms with Gasteiger partial charge in [0.15, 0.2) is 0 Å². The zero-order valence-corrected chi connectivity index (χ0v) is 40.6. The van der Waals surface area contributed by atoms with Crippen LogP contribution in [0.4, 0.5) is 0 Å². The summed E-state index contributed by atoms with van der Waals surface area (Å²) in [6.45, 7) is 15.5. The smallest absolute Gasteiger partial charge is 0.305 e. The van der Waals surface area contributed by atoms with Crippen molar-refractivity contribution < 1.29 is 56.9 Å². The fourth-order valence-corrected chi connectivity index (χ4v) is 6.70. The van der Waals surface area contributed by atoms with Gasteiger partial charge in [0.25, 0.3) is 0 Å². The first kappa shape index (κ1) is 61.1. The third kappa shape index (κ3) is 57.1. The zero-order chi connectivity index (χ0) is 44.6. The molecule has 0 amide bonds. The van der Waals surface area contributed by atoms with E-state index in [1.165, 1.54) is 141 Å². The maximum absolute atomic E-state index is 11.9.